The van der Waals surface area contributed by atoms with E-state index in [4.69, 9.17) is 0 Å². The average Bonchev–Trinajstić information content (AvgIpc) is 3.22. The van der Waals surface area contributed by atoms with Crippen molar-refractivity contribution in [2.45, 2.75) is 37.5 Å². The van der Waals surface area contributed by atoms with Crippen LogP contribution in [0.3, 0.4) is 0 Å². The summed E-state index contributed by atoms with van der Waals surface area (Å²) in [5.74, 6) is -0.384. The molecule has 148 valence electrons. The number of rotatable bonds is 6. The number of nitrogens with one attached hydrogen (secondary N) is 2. The first-order valence-electron chi connectivity index (χ1n) is 9.08. The van der Waals surface area contributed by atoms with Gasteiger partial charge in [0.2, 0.25) is 5.91 Å². The summed E-state index contributed by atoms with van der Waals surface area (Å²) in [6.07, 6.45) is 4.06. The van der Waals surface area contributed by atoms with E-state index in [-0.39, 0.29) is 16.7 Å². The Balaban J connectivity index is 1.64. The fourth-order valence-electron chi connectivity index (χ4n) is 3.09. The molecule has 3 rings (SSSR count). The molecular weight excluding hydrogens is 381 g/mol. The highest BCUT2D eigenvalue weighted by atomic mass is 32.2. The zero-order valence-electron chi connectivity index (χ0n) is 15.5. The topological polar surface area (TPSA) is 87.6 Å². The van der Waals surface area contributed by atoms with Crippen LogP contribution in [0.2, 0.25) is 0 Å². The van der Waals surface area contributed by atoms with Crippen molar-refractivity contribution in [3.63, 3.8) is 0 Å². The van der Waals surface area contributed by atoms with E-state index in [9.17, 15) is 17.6 Å². The van der Waals surface area contributed by atoms with Gasteiger partial charge >= 0.3 is 0 Å². The maximum Gasteiger partial charge on any atom is 0.276 e. The maximum absolute atomic E-state index is 12.9. The number of carbonyl (C=O) groups is 1. The van der Waals surface area contributed by atoms with Gasteiger partial charge in [-0.3, -0.25) is 4.79 Å². The first-order valence-corrected chi connectivity index (χ1v) is 10.6. The van der Waals surface area contributed by atoms with Crippen molar-refractivity contribution in [3.8, 4) is 0 Å². The Morgan fingerprint density at radius 1 is 1.04 bits per heavy atom. The number of hydrogen-bond donors (Lipinski definition) is 2. The van der Waals surface area contributed by atoms with Crippen LogP contribution >= 0.6 is 0 Å². The van der Waals surface area contributed by atoms with Gasteiger partial charge in [0.1, 0.15) is 5.82 Å². The molecular formula is C20H22FN3O3S. The molecule has 0 aliphatic heterocycles. The monoisotopic (exact) mass is 403 g/mol. The molecule has 1 saturated carbocycles. The van der Waals surface area contributed by atoms with Crippen molar-refractivity contribution in [2.75, 3.05) is 5.32 Å². The summed E-state index contributed by atoms with van der Waals surface area (Å²) in [6, 6.07) is 11.5. The van der Waals surface area contributed by atoms with Crippen molar-refractivity contribution in [1.29, 1.82) is 0 Å². The number of amides is 1. The van der Waals surface area contributed by atoms with Crippen molar-refractivity contribution in [1.82, 2.24) is 4.83 Å². The first-order chi connectivity index (χ1) is 13.3. The molecule has 0 aromatic heterocycles. The van der Waals surface area contributed by atoms with Gasteiger partial charge in [0.05, 0.1) is 10.6 Å². The number of anilines is 1. The second-order valence-corrected chi connectivity index (χ2v) is 8.45. The van der Waals surface area contributed by atoms with Crippen LogP contribution in [0.25, 0.3) is 0 Å². The molecule has 28 heavy (non-hydrogen) atoms. The van der Waals surface area contributed by atoms with Crippen LogP contribution in [0.15, 0.2) is 58.5 Å². The minimum atomic E-state index is -3.87. The van der Waals surface area contributed by atoms with Crippen LogP contribution in [-0.4, -0.2) is 20.0 Å². The molecule has 1 aliphatic rings. The predicted molar refractivity (Wildman–Crippen MR) is 106 cm³/mol. The molecule has 0 heterocycles. The molecule has 0 radical (unpaired) electrons. The van der Waals surface area contributed by atoms with Crippen molar-refractivity contribution in [2.24, 2.45) is 11.0 Å². The molecule has 0 unspecified atom stereocenters. The van der Waals surface area contributed by atoms with Gasteiger partial charge in [-0.1, -0.05) is 25.0 Å². The molecule has 8 heteroatoms. The van der Waals surface area contributed by atoms with E-state index in [2.05, 4.69) is 15.2 Å². The van der Waals surface area contributed by atoms with E-state index in [1.807, 2.05) is 0 Å². The third-order valence-electron chi connectivity index (χ3n) is 4.75. The summed E-state index contributed by atoms with van der Waals surface area (Å²) in [5, 5.41) is 6.83. The Bertz CT molecular complexity index is 965. The summed E-state index contributed by atoms with van der Waals surface area (Å²) in [5.41, 5.74) is 1.86. The molecule has 0 atom stereocenters. The summed E-state index contributed by atoms with van der Waals surface area (Å²) in [6.45, 7) is 1.67. The summed E-state index contributed by atoms with van der Waals surface area (Å²) < 4.78 is 37.3. The zero-order valence-corrected chi connectivity index (χ0v) is 16.3. The molecule has 1 aliphatic carbocycles. The number of halogens is 1. The SMILES string of the molecule is C/C(=N/NS(=O)(=O)c1ccc(F)cc1)c1ccc(NC(=O)C2CCCC2)cc1. The Hall–Kier alpha value is -2.74. The zero-order chi connectivity index (χ0) is 20.1. The minimum absolute atomic E-state index is 0.0442. The third kappa shape index (κ3) is 4.95. The molecule has 2 aromatic rings. The summed E-state index contributed by atoms with van der Waals surface area (Å²) in [7, 11) is -3.87. The molecule has 1 amide bonds. The third-order valence-corrected chi connectivity index (χ3v) is 5.98. The number of carbonyl (C=O) groups excluding carboxylic acids is 1. The Kier molecular flexibility index (Phi) is 6.08. The van der Waals surface area contributed by atoms with Gasteiger partial charge in [0.25, 0.3) is 10.0 Å². The molecule has 0 bridgehead atoms. The number of sulfonamides is 1. The summed E-state index contributed by atoms with van der Waals surface area (Å²) >= 11 is 0. The molecule has 2 N–H and O–H groups in total. The molecule has 0 spiro atoms. The average molecular weight is 403 g/mol. The van der Waals surface area contributed by atoms with Crippen LogP contribution < -0.4 is 10.1 Å². The Morgan fingerprint density at radius 3 is 2.25 bits per heavy atom. The quantitative estimate of drug-likeness (QED) is 0.570. The second kappa shape index (κ2) is 8.52. The smallest absolute Gasteiger partial charge is 0.276 e. The second-order valence-electron chi connectivity index (χ2n) is 6.79. The predicted octanol–water partition coefficient (Wildman–Crippen LogP) is 3.66. The van der Waals surface area contributed by atoms with Crippen molar-refractivity contribution in [3.05, 3.63) is 59.9 Å². The maximum atomic E-state index is 12.9. The Labute approximate surface area is 163 Å². The first kappa shape index (κ1) is 20.0. The molecule has 1 fully saturated rings. The fraction of sp³-hybridized carbons (Fsp3) is 0.300. The molecule has 6 nitrogen and oxygen atoms in total. The minimum Gasteiger partial charge on any atom is -0.326 e. The standard InChI is InChI=1S/C20H22FN3O3S/c1-14(23-24-28(26,27)19-12-8-17(21)9-13-19)15-6-10-18(11-7-15)22-20(25)16-4-2-3-5-16/h6-13,16,24H,2-5H2,1H3,(H,22,25)/b23-14-. The van der Waals surface area contributed by atoms with Gasteiger partial charge in [-0.2, -0.15) is 18.4 Å². The van der Waals surface area contributed by atoms with Crippen LogP contribution in [-0.2, 0) is 14.8 Å². The Morgan fingerprint density at radius 2 is 1.64 bits per heavy atom. The van der Waals surface area contributed by atoms with Crippen LogP contribution in [0.1, 0.15) is 38.2 Å². The lowest BCUT2D eigenvalue weighted by Crippen LogP contribution is -2.20. The number of hydrogen-bond acceptors (Lipinski definition) is 4. The summed E-state index contributed by atoms with van der Waals surface area (Å²) in [4.78, 5) is 14.2. The van der Waals surface area contributed by atoms with Crippen molar-refractivity contribution < 1.29 is 17.6 Å². The highest BCUT2D eigenvalue weighted by Crippen LogP contribution is 2.26. The van der Waals surface area contributed by atoms with Gasteiger partial charge in [-0.15, -0.1) is 0 Å². The van der Waals surface area contributed by atoms with E-state index in [1.54, 1.807) is 31.2 Å². The number of benzene rings is 2. The molecule has 2 aromatic carbocycles. The number of hydrazone groups is 1. The van der Waals surface area contributed by atoms with E-state index in [0.29, 0.717) is 17.0 Å². The van der Waals surface area contributed by atoms with E-state index >= 15 is 0 Å². The van der Waals surface area contributed by atoms with Crippen molar-refractivity contribution >= 4 is 27.3 Å². The lowest BCUT2D eigenvalue weighted by Gasteiger charge is -2.11. The highest BCUT2D eigenvalue weighted by Gasteiger charge is 2.22. The van der Waals surface area contributed by atoms with Gasteiger partial charge in [0.15, 0.2) is 0 Å². The normalized spacial score (nSPS) is 15.4. The van der Waals surface area contributed by atoms with E-state index in [1.165, 1.54) is 12.1 Å². The van der Waals surface area contributed by atoms with Gasteiger partial charge in [0, 0.05) is 11.6 Å². The van der Waals surface area contributed by atoms with Gasteiger partial charge < -0.3 is 5.32 Å². The van der Waals surface area contributed by atoms with E-state index in [0.717, 1.165) is 37.8 Å². The number of nitrogens with zero attached hydrogens (tertiary/aromatic N) is 1. The highest BCUT2D eigenvalue weighted by molar-refractivity contribution is 7.89. The van der Waals surface area contributed by atoms with Crippen LogP contribution in [0, 0.1) is 11.7 Å². The lowest BCUT2D eigenvalue weighted by atomic mass is 10.1. The van der Waals surface area contributed by atoms with Gasteiger partial charge in [-0.05, 0) is 61.7 Å². The van der Waals surface area contributed by atoms with Crippen LogP contribution in [0.5, 0.6) is 0 Å². The van der Waals surface area contributed by atoms with Gasteiger partial charge in [-0.25, -0.2) is 4.39 Å². The largest absolute Gasteiger partial charge is 0.326 e. The molecule has 0 saturated heterocycles. The lowest BCUT2D eigenvalue weighted by molar-refractivity contribution is -0.119. The van der Waals surface area contributed by atoms with Crippen LogP contribution in [0.4, 0.5) is 10.1 Å². The van der Waals surface area contributed by atoms with E-state index < -0.39 is 15.8 Å². The fourth-order valence-corrected chi connectivity index (χ4v) is 3.94.